The average molecular weight is 716 g/mol. The fraction of sp³-hybridized carbons (Fsp3) is 0.553. The van der Waals surface area contributed by atoms with Crippen LogP contribution in [0.1, 0.15) is 96.3 Å². The minimum atomic E-state index is -2.18. The Hall–Kier alpha value is -4.28. The van der Waals surface area contributed by atoms with Crippen molar-refractivity contribution in [2.24, 2.45) is 5.92 Å². The van der Waals surface area contributed by atoms with Gasteiger partial charge in [0, 0.05) is 30.8 Å². The van der Waals surface area contributed by atoms with E-state index in [1.165, 1.54) is 12.3 Å². The fourth-order valence-electron chi connectivity index (χ4n) is 5.79. The van der Waals surface area contributed by atoms with Crippen molar-refractivity contribution in [1.82, 2.24) is 34.5 Å². The van der Waals surface area contributed by atoms with Gasteiger partial charge in [0.25, 0.3) is 0 Å². The molecule has 1 saturated heterocycles. The normalized spacial score (nSPS) is 16.5. The highest BCUT2D eigenvalue weighted by Gasteiger charge is 2.38. The molecule has 1 amide bonds. The highest BCUT2D eigenvalue weighted by atomic mass is 28.4. The lowest BCUT2D eigenvalue weighted by Crippen LogP contribution is -2.42. The van der Waals surface area contributed by atoms with E-state index in [4.69, 9.17) is 13.9 Å². The summed E-state index contributed by atoms with van der Waals surface area (Å²) in [5.41, 5.74) is 3.88. The number of amides is 1. The van der Waals surface area contributed by atoms with E-state index < -0.39 is 25.8 Å². The maximum atomic E-state index is 14.0. The minimum Gasteiger partial charge on any atom is -0.479 e. The Morgan fingerprint density at radius 3 is 2.43 bits per heavy atom. The van der Waals surface area contributed by atoms with Crippen LogP contribution in [-0.4, -0.2) is 74.2 Å². The summed E-state index contributed by atoms with van der Waals surface area (Å²) in [5, 5.41) is 13.9. The van der Waals surface area contributed by atoms with Crippen LogP contribution in [-0.2, 0) is 9.16 Å². The van der Waals surface area contributed by atoms with Gasteiger partial charge in [0.15, 0.2) is 14.4 Å². The summed E-state index contributed by atoms with van der Waals surface area (Å²) in [4.78, 5) is 18.8. The van der Waals surface area contributed by atoms with Crippen molar-refractivity contribution in [2.45, 2.75) is 110 Å². The Labute approximate surface area is 301 Å². The standard InChI is InChI=1S/C38H50FN7O4Si/c1-25-34(42-43-46(25)30-16-18-44(19-17-30)36(47)50-37(2,3)4)28-20-32(35-27(13-12-26-10-11-26)21-41-45(35)23-28)49-33(31-15-14-29(39)22-40-31)24-48-51(8,9)38(5,6)7/h14-15,20-23,26,30,33H,10-11,16-19,24H2,1-9H3. The number of ether oxygens (including phenoxy) is 2. The second-order valence-corrected chi connectivity index (χ2v) is 21.0. The molecule has 0 bridgehead atoms. The number of fused-ring (bicyclic) bond motifs is 1. The Bertz CT molecular complexity index is 1940. The first-order valence-corrected chi connectivity index (χ1v) is 20.7. The van der Waals surface area contributed by atoms with E-state index >= 15 is 0 Å². The maximum Gasteiger partial charge on any atom is 0.410 e. The van der Waals surface area contributed by atoms with E-state index in [0.29, 0.717) is 36.1 Å². The zero-order valence-corrected chi connectivity index (χ0v) is 32.3. The van der Waals surface area contributed by atoms with E-state index in [1.807, 2.05) is 44.6 Å². The minimum absolute atomic E-state index is 0.0202. The predicted octanol–water partition coefficient (Wildman–Crippen LogP) is 7.91. The molecule has 4 aromatic rings. The zero-order chi connectivity index (χ0) is 36.7. The summed E-state index contributed by atoms with van der Waals surface area (Å²) in [7, 11) is -2.18. The number of nitrogens with zero attached hydrogens (tertiary/aromatic N) is 7. The summed E-state index contributed by atoms with van der Waals surface area (Å²) in [6.07, 6.45) is 7.66. The zero-order valence-electron chi connectivity index (χ0n) is 31.3. The molecule has 0 N–H and O–H groups in total. The monoisotopic (exact) mass is 715 g/mol. The van der Waals surface area contributed by atoms with E-state index in [-0.39, 0.29) is 23.8 Å². The van der Waals surface area contributed by atoms with Crippen LogP contribution in [0.4, 0.5) is 9.18 Å². The fourth-order valence-corrected chi connectivity index (χ4v) is 6.79. The molecule has 1 aliphatic heterocycles. The smallest absolute Gasteiger partial charge is 0.410 e. The molecule has 0 spiro atoms. The van der Waals surface area contributed by atoms with Gasteiger partial charge in [-0.05, 0) is 89.7 Å². The van der Waals surface area contributed by atoms with Crippen molar-refractivity contribution < 1.29 is 23.1 Å². The molecular weight excluding hydrogens is 666 g/mol. The number of likely N-dealkylation sites (tertiary alicyclic amines) is 1. The van der Waals surface area contributed by atoms with Crippen LogP contribution in [0.25, 0.3) is 16.8 Å². The van der Waals surface area contributed by atoms with Crippen LogP contribution >= 0.6 is 0 Å². The summed E-state index contributed by atoms with van der Waals surface area (Å²) in [6, 6.07) is 5.07. The largest absolute Gasteiger partial charge is 0.479 e. The lowest BCUT2D eigenvalue weighted by atomic mass is 10.0. The molecule has 51 heavy (non-hydrogen) atoms. The van der Waals surface area contributed by atoms with Crippen LogP contribution in [0.5, 0.6) is 5.75 Å². The molecule has 1 aliphatic carbocycles. The third-order valence-electron chi connectivity index (χ3n) is 9.98. The Balaban J connectivity index is 1.33. The first-order chi connectivity index (χ1) is 24.0. The highest BCUT2D eigenvalue weighted by Crippen LogP contribution is 2.39. The SMILES string of the molecule is Cc1c(-c2cc(OC(CO[Si](C)(C)C(C)(C)C)c3ccc(F)cn3)c3c(C#CC4CC4)cnn3c2)nnn1C1CCN(C(=O)OC(C)(C)C)CC1. The van der Waals surface area contributed by atoms with Crippen molar-refractivity contribution >= 4 is 19.9 Å². The predicted molar refractivity (Wildman–Crippen MR) is 195 cm³/mol. The second kappa shape index (κ2) is 14.0. The molecule has 2 aliphatic rings. The van der Waals surface area contributed by atoms with E-state index in [9.17, 15) is 9.18 Å². The first-order valence-electron chi connectivity index (χ1n) is 17.8. The summed E-state index contributed by atoms with van der Waals surface area (Å²) in [6.45, 7) is 20.0. The third kappa shape index (κ3) is 8.44. The Kier molecular flexibility index (Phi) is 10.0. The van der Waals surface area contributed by atoms with Gasteiger partial charge < -0.3 is 18.8 Å². The third-order valence-corrected chi connectivity index (χ3v) is 14.5. The van der Waals surface area contributed by atoms with Crippen LogP contribution in [0.2, 0.25) is 18.1 Å². The number of carbonyl (C=O) groups is 1. The molecule has 0 radical (unpaired) electrons. The number of aromatic nitrogens is 6. The van der Waals surface area contributed by atoms with Gasteiger partial charge in [-0.2, -0.15) is 5.10 Å². The molecular formula is C38H50FN7O4Si. The van der Waals surface area contributed by atoms with E-state index in [1.54, 1.807) is 21.7 Å². The molecule has 2 fully saturated rings. The van der Waals surface area contributed by atoms with Crippen LogP contribution < -0.4 is 4.74 Å². The quantitative estimate of drug-likeness (QED) is 0.134. The molecule has 4 aromatic heterocycles. The van der Waals surface area contributed by atoms with Crippen molar-refractivity contribution in [3.63, 3.8) is 0 Å². The van der Waals surface area contributed by atoms with Gasteiger partial charge in [-0.3, -0.25) is 4.98 Å². The second-order valence-electron chi connectivity index (χ2n) is 16.2. The lowest BCUT2D eigenvalue weighted by Gasteiger charge is -2.37. The molecule has 13 heteroatoms. The number of piperidine rings is 1. The van der Waals surface area contributed by atoms with Gasteiger partial charge in [-0.1, -0.05) is 37.8 Å². The molecule has 5 heterocycles. The highest BCUT2D eigenvalue weighted by molar-refractivity contribution is 6.74. The van der Waals surface area contributed by atoms with E-state index in [0.717, 1.165) is 48.0 Å². The molecule has 1 atom stereocenters. The van der Waals surface area contributed by atoms with Crippen LogP contribution in [0, 0.1) is 30.5 Å². The number of hydrogen-bond acceptors (Lipinski definition) is 8. The molecule has 1 saturated carbocycles. The van der Waals surface area contributed by atoms with Gasteiger partial charge >= 0.3 is 6.09 Å². The van der Waals surface area contributed by atoms with Gasteiger partial charge in [-0.25, -0.2) is 18.4 Å². The number of rotatable bonds is 8. The number of halogens is 1. The van der Waals surface area contributed by atoms with Crippen molar-refractivity contribution in [1.29, 1.82) is 0 Å². The van der Waals surface area contributed by atoms with Crippen molar-refractivity contribution in [3.05, 3.63) is 59.6 Å². The van der Waals surface area contributed by atoms with Crippen LogP contribution in [0.15, 0.2) is 36.8 Å². The molecule has 0 aromatic carbocycles. The molecule has 11 nitrogen and oxygen atoms in total. The Morgan fingerprint density at radius 1 is 1.08 bits per heavy atom. The van der Waals surface area contributed by atoms with Gasteiger partial charge in [0.1, 0.15) is 28.4 Å². The van der Waals surface area contributed by atoms with Crippen LogP contribution in [0.3, 0.4) is 0 Å². The van der Waals surface area contributed by atoms with Crippen molar-refractivity contribution in [2.75, 3.05) is 19.7 Å². The number of pyridine rings is 2. The maximum absolute atomic E-state index is 14.0. The topological polar surface area (TPSA) is 109 Å². The summed E-state index contributed by atoms with van der Waals surface area (Å²) >= 11 is 0. The summed E-state index contributed by atoms with van der Waals surface area (Å²) in [5.74, 6) is 7.22. The molecule has 6 rings (SSSR count). The lowest BCUT2D eigenvalue weighted by molar-refractivity contribution is 0.0183. The van der Waals surface area contributed by atoms with Gasteiger partial charge in [0.05, 0.1) is 42.0 Å². The van der Waals surface area contributed by atoms with Gasteiger partial charge in [0.2, 0.25) is 0 Å². The number of carbonyl (C=O) groups excluding carboxylic acids is 1. The average Bonchev–Trinajstić information content (AvgIpc) is 3.68. The number of hydrogen-bond donors (Lipinski definition) is 0. The molecule has 1 unspecified atom stereocenters. The first kappa shape index (κ1) is 36.5. The molecule has 272 valence electrons. The summed E-state index contributed by atoms with van der Waals surface area (Å²) < 4.78 is 36.8. The van der Waals surface area contributed by atoms with E-state index in [2.05, 4.69) is 66.1 Å². The van der Waals surface area contributed by atoms with Gasteiger partial charge in [-0.15, -0.1) is 5.10 Å². The Morgan fingerprint density at radius 2 is 1.80 bits per heavy atom. The van der Waals surface area contributed by atoms with Crippen molar-refractivity contribution in [3.8, 4) is 28.8 Å².